The molecule has 0 saturated heterocycles. The minimum Gasteiger partial charge on any atom is -0.481 e. The summed E-state index contributed by atoms with van der Waals surface area (Å²) in [4.78, 5) is 25.2. The van der Waals surface area contributed by atoms with Gasteiger partial charge in [0.05, 0.1) is 11.4 Å². The molecule has 1 aliphatic rings. The van der Waals surface area contributed by atoms with Crippen molar-refractivity contribution in [3.8, 4) is 5.75 Å². The molecule has 22 heavy (non-hydrogen) atoms. The molecule has 1 amide bonds. The number of ether oxygens (including phenoxy) is 1. The highest BCUT2D eigenvalue weighted by Gasteiger charge is 2.30. The quantitative estimate of drug-likeness (QED) is 0.799. The Balaban J connectivity index is 2.17. The molecule has 2 aromatic rings. The number of H-pyrrole nitrogens is 1. The molecule has 0 bridgehead atoms. The van der Waals surface area contributed by atoms with Crippen LogP contribution >= 0.6 is 0 Å². The number of benzene rings is 1. The third-order valence-corrected chi connectivity index (χ3v) is 3.97. The summed E-state index contributed by atoms with van der Waals surface area (Å²) in [5.41, 5.74) is 7.03. The van der Waals surface area contributed by atoms with Gasteiger partial charge < -0.3 is 20.6 Å². The maximum absolute atomic E-state index is 14.1. The maximum Gasteiger partial charge on any atom is 0.341 e. The number of aromatic amines is 1. The van der Waals surface area contributed by atoms with E-state index in [2.05, 4.69) is 4.98 Å². The van der Waals surface area contributed by atoms with Crippen molar-refractivity contribution in [2.45, 2.75) is 25.2 Å². The Labute approximate surface area is 125 Å². The SMILES string of the molecule is NC(=O)C1CCCc2c1[nH]c1c(F)ccc(OCC(=O)O)c21. The monoisotopic (exact) mass is 306 g/mol. The summed E-state index contributed by atoms with van der Waals surface area (Å²) in [7, 11) is 0. The molecule has 7 heteroatoms. The molecular weight excluding hydrogens is 291 g/mol. The van der Waals surface area contributed by atoms with Crippen LogP contribution in [0.3, 0.4) is 0 Å². The second kappa shape index (κ2) is 5.32. The predicted octanol–water partition coefficient (Wildman–Crippen LogP) is 1.68. The van der Waals surface area contributed by atoms with Crippen molar-refractivity contribution >= 4 is 22.8 Å². The minimum atomic E-state index is -1.11. The first-order valence-corrected chi connectivity index (χ1v) is 6.96. The fraction of sp³-hybridized carbons (Fsp3) is 0.333. The summed E-state index contributed by atoms with van der Waals surface area (Å²) in [6.45, 7) is -0.514. The van der Waals surface area contributed by atoms with Crippen LogP contribution in [0.25, 0.3) is 10.9 Å². The van der Waals surface area contributed by atoms with E-state index in [0.29, 0.717) is 29.7 Å². The average molecular weight is 306 g/mol. The molecule has 0 fully saturated rings. The largest absolute Gasteiger partial charge is 0.481 e. The fourth-order valence-corrected chi connectivity index (χ4v) is 3.05. The first-order valence-electron chi connectivity index (χ1n) is 6.96. The Kier molecular flexibility index (Phi) is 3.48. The van der Waals surface area contributed by atoms with Gasteiger partial charge in [-0.25, -0.2) is 9.18 Å². The second-order valence-corrected chi connectivity index (χ2v) is 5.34. The van der Waals surface area contributed by atoms with Gasteiger partial charge in [-0.2, -0.15) is 0 Å². The zero-order valence-corrected chi connectivity index (χ0v) is 11.7. The number of amides is 1. The van der Waals surface area contributed by atoms with Gasteiger partial charge in [0, 0.05) is 11.1 Å². The Morgan fingerprint density at radius 3 is 2.91 bits per heavy atom. The zero-order chi connectivity index (χ0) is 15.9. The minimum absolute atomic E-state index is 0.223. The summed E-state index contributed by atoms with van der Waals surface area (Å²) < 4.78 is 19.3. The molecule has 4 N–H and O–H groups in total. The van der Waals surface area contributed by atoms with Gasteiger partial charge in [-0.15, -0.1) is 0 Å². The highest BCUT2D eigenvalue weighted by Crippen LogP contribution is 2.40. The van der Waals surface area contributed by atoms with E-state index in [1.807, 2.05) is 0 Å². The number of nitrogens with one attached hydrogen (secondary N) is 1. The fourth-order valence-electron chi connectivity index (χ4n) is 3.05. The van der Waals surface area contributed by atoms with Crippen LogP contribution in [-0.2, 0) is 16.0 Å². The number of carboxylic acid groups (broad SMARTS) is 1. The van der Waals surface area contributed by atoms with Crippen molar-refractivity contribution in [1.82, 2.24) is 4.98 Å². The van der Waals surface area contributed by atoms with E-state index in [0.717, 1.165) is 12.0 Å². The first-order chi connectivity index (χ1) is 10.5. The predicted molar refractivity (Wildman–Crippen MR) is 76.3 cm³/mol. The number of hydrogen-bond acceptors (Lipinski definition) is 3. The van der Waals surface area contributed by atoms with Crippen LogP contribution in [0.4, 0.5) is 4.39 Å². The van der Waals surface area contributed by atoms with Gasteiger partial charge in [0.25, 0.3) is 0 Å². The van der Waals surface area contributed by atoms with Gasteiger partial charge in [0.2, 0.25) is 5.91 Å². The number of hydrogen-bond donors (Lipinski definition) is 3. The van der Waals surface area contributed by atoms with E-state index >= 15 is 0 Å². The molecule has 0 saturated carbocycles. The Morgan fingerprint density at radius 2 is 2.23 bits per heavy atom. The molecule has 1 heterocycles. The lowest BCUT2D eigenvalue weighted by Crippen LogP contribution is -2.25. The van der Waals surface area contributed by atoms with Crippen LogP contribution in [0.15, 0.2) is 12.1 Å². The third-order valence-electron chi connectivity index (χ3n) is 3.97. The van der Waals surface area contributed by atoms with E-state index in [4.69, 9.17) is 15.6 Å². The van der Waals surface area contributed by atoms with E-state index in [9.17, 15) is 14.0 Å². The van der Waals surface area contributed by atoms with Crippen molar-refractivity contribution in [2.24, 2.45) is 5.73 Å². The van der Waals surface area contributed by atoms with E-state index in [1.54, 1.807) is 0 Å². The number of rotatable bonds is 4. The standard InChI is InChI=1S/C15H15FN2O4/c16-9-4-5-10(22-6-11(19)20)12-7-2-1-3-8(15(17)21)13(7)18-14(9)12/h4-5,8,18H,1-3,6H2,(H2,17,21)(H,19,20). The number of aryl methyl sites for hydroxylation is 1. The van der Waals surface area contributed by atoms with Gasteiger partial charge >= 0.3 is 5.97 Å². The molecule has 3 rings (SSSR count). The molecule has 1 aliphatic carbocycles. The lowest BCUT2D eigenvalue weighted by molar-refractivity contribution is -0.139. The molecule has 0 aliphatic heterocycles. The average Bonchev–Trinajstić information content (AvgIpc) is 2.86. The Morgan fingerprint density at radius 1 is 1.45 bits per heavy atom. The normalized spacial score (nSPS) is 17.2. The number of fused-ring (bicyclic) bond motifs is 3. The number of aliphatic carboxylic acids is 1. The lowest BCUT2D eigenvalue weighted by atomic mass is 9.86. The molecule has 1 atom stereocenters. The van der Waals surface area contributed by atoms with E-state index in [-0.39, 0.29) is 5.52 Å². The smallest absolute Gasteiger partial charge is 0.341 e. The van der Waals surface area contributed by atoms with Crippen LogP contribution in [0, 0.1) is 5.82 Å². The zero-order valence-electron chi connectivity index (χ0n) is 11.7. The molecule has 116 valence electrons. The molecule has 0 radical (unpaired) electrons. The van der Waals surface area contributed by atoms with Gasteiger partial charge in [-0.05, 0) is 37.0 Å². The number of carboxylic acids is 1. The van der Waals surface area contributed by atoms with Crippen molar-refractivity contribution in [1.29, 1.82) is 0 Å². The van der Waals surface area contributed by atoms with Gasteiger partial charge in [0.15, 0.2) is 6.61 Å². The molecule has 1 aromatic heterocycles. The van der Waals surface area contributed by atoms with Crippen molar-refractivity contribution < 1.29 is 23.8 Å². The Bertz CT molecular complexity index is 768. The lowest BCUT2D eigenvalue weighted by Gasteiger charge is -2.19. The van der Waals surface area contributed by atoms with Crippen LogP contribution in [0.2, 0.25) is 0 Å². The van der Waals surface area contributed by atoms with Crippen LogP contribution in [0.5, 0.6) is 5.75 Å². The van der Waals surface area contributed by atoms with E-state index in [1.165, 1.54) is 12.1 Å². The van der Waals surface area contributed by atoms with Crippen molar-refractivity contribution in [3.05, 3.63) is 29.2 Å². The molecule has 0 spiro atoms. The first kappa shape index (κ1) is 14.4. The van der Waals surface area contributed by atoms with Gasteiger partial charge in [-0.3, -0.25) is 4.79 Å². The number of halogens is 1. The number of carbonyl (C=O) groups excluding carboxylic acids is 1. The molecular formula is C15H15FN2O4. The summed E-state index contributed by atoms with van der Waals surface area (Å²) in [6, 6.07) is 2.61. The van der Waals surface area contributed by atoms with Gasteiger partial charge in [0.1, 0.15) is 11.6 Å². The number of primary amides is 1. The number of aromatic nitrogens is 1. The van der Waals surface area contributed by atoms with Crippen LogP contribution in [0.1, 0.15) is 30.0 Å². The van der Waals surface area contributed by atoms with E-state index < -0.39 is 30.2 Å². The summed E-state index contributed by atoms with van der Waals surface area (Å²) in [5.74, 6) is -2.24. The van der Waals surface area contributed by atoms with Gasteiger partial charge in [-0.1, -0.05) is 0 Å². The summed E-state index contributed by atoms with van der Waals surface area (Å²) in [5, 5.41) is 9.24. The maximum atomic E-state index is 14.1. The number of carbonyl (C=O) groups is 2. The molecule has 1 aromatic carbocycles. The summed E-state index contributed by atoms with van der Waals surface area (Å²) >= 11 is 0. The third kappa shape index (κ3) is 2.28. The Hall–Kier alpha value is -2.57. The molecule has 1 unspecified atom stereocenters. The second-order valence-electron chi connectivity index (χ2n) is 5.34. The molecule has 6 nitrogen and oxygen atoms in total. The van der Waals surface area contributed by atoms with Crippen molar-refractivity contribution in [3.63, 3.8) is 0 Å². The number of nitrogens with two attached hydrogens (primary N) is 1. The highest BCUT2D eigenvalue weighted by atomic mass is 19.1. The summed E-state index contributed by atoms with van der Waals surface area (Å²) in [6.07, 6.45) is 2.02. The van der Waals surface area contributed by atoms with Crippen LogP contribution in [-0.4, -0.2) is 28.6 Å². The topological polar surface area (TPSA) is 105 Å². The van der Waals surface area contributed by atoms with Crippen LogP contribution < -0.4 is 10.5 Å². The van der Waals surface area contributed by atoms with Crippen molar-refractivity contribution in [2.75, 3.05) is 6.61 Å². The highest BCUT2D eigenvalue weighted by molar-refractivity contribution is 5.94.